The zero-order valence-electron chi connectivity index (χ0n) is 10.4. The quantitative estimate of drug-likeness (QED) is 0.509. The topological polar surface area (TPSA) is 110 Å². The Morgan fingerprint density at radius 3 is 2.33 bits per heavy atom. The van der Waals surface area contributed by atoms with E-state index in [0.29, 0.717) is 0 Å². The van der Waals surface area contributed by atoms with Gasteiger partial charge in [0.2, 0.25) is 0 Å². The number of nitrogens with zero attached hydrogens (tertiary/aromatic N) is 1. The first-order valence-electron chi connectivity index (χ1n) is 5.55. The van der Waals surface area contributed by atoms with Crippen molar-refractivity contribution in [2.45, 2.75) is 4.90 Å². The van der Waals surface area contributed by atoms with Crippen molar-refractivity contribution >= 4 is 33.0 Å². The molecule has 2 N–H and O–H groups in total. The number of hydrogen-bond acceptors (Lipinski definition) is 5. The molecule has 2 aromatic rings. The Kier molecular flexibility index (Phi) is 4.01. The Morgan fingerprint density at radius 1 is 1.14 bits per heavy atom. The van der Waals surface area contributed by atoms with Crippen LogP contribution in [0.25, 0.3) is 0 Å². The van der Waals surface area contributed by atoms with E-state index < -0.39 is 20.6 Å². The molecule has 0 saturated carbocycles. The Bertz CT molecular complexity index is 790. The van der Waals surface area contributed by atoms with Crippen LogP contribution < -0.4 is 4.72 Å². The van der Waals surface area contributed by atoms with E-state index in [0.717, 1.165) is 18.2 Å². The molecule has 0 atom stereocenters. The third-order valence-corrected chi connectivity index (χ3v) is 4.24. The van der Waals surface area contributed by atoms with Crippen molar-refractivity contribution in [1.82, 2.24) is 0 Å². The fourth-order valence-corrected chi connectivity index (χ4v) is 2.81. The van der Waals surface area contributed by atoms with Crippen LogP contribution in [-0.4, -0.2) is 18.4 Å². The molecule has 9 heteroatoms. The number of phenolic OH excluding ortho intramolecular Hbond substituents is 1. The maximum atomic E-state index is 12.1. The number of anilines is 1. The van der Waals surface area contributed by atoms with Crippen LogP contribution in [0.5, 0.6) is 5.75 Å². The lowest BCUT2D eigenvalue weighted by Gasteiger charge is -2.08. The van der Waals surface area contributed by atoms with Crippen molar-refractivity contribution in [1.29, 1.82) is 0 Å². The lowest BCUT2D eigenvalue weighted by Crippen LogP contribution is -2.13. The van der Waals surface area contributed by atoms with Crippen LogP contribution in [0.3, 0.4) is 0 Å². The predicted octanol–water partition coefficient (Wildman–Crippen LogP) is 2.75. The van der Waals surface area contributed by atoms with Crippen molar-refractivity contribution in [3.63, 3.8) is 0 Å². The molecule has 0 aliphatic heterocycles. The number of nitro groups is 1. The Morgan fingerprint density at radius 2 is 1.76 bits per heavy atom. The van der Waals surface area contributed by atoms with Crippen LogP contribution in [0.2, 0.25) is 5.02 Å². The van der Waals surface area contributed by atoms with Gasteiger partial charge in [0.05, 0.1) is 9.82 Å². The molecule has 0 spiro atoms. The number of nitro benzene ring substituents is 1. The minimum absolute atomic E-state index is 0.0138. The van der Waals surface area contributed by atoms with E-state index >= 15 is 0 Å². The predicted molar refractivity (Wildman–Crippen MR) is 77.0 cm³/mol. The smallest absolute Gasteiger partial charge is 0.289 e. The average molecular weight is 329 g/mol. The van der Waals surface area contributed by atoms with Gasteiger partial charge in [-0.1, -0.05) is 11.6 Å². The first-order valence-corrected chi connectivity index (χ1v) is 7.41. The molecule has 110 valence electrons. The third kappa shape index (κ3) is 3.41. The molecule has 0 heterocycles. The fourth-order valence-electron chi connectivity index (χ4n) is 1.54. The Balaban J connectivity index is 2.38. The zero-order valence-corrected chi connectivity index (χ0v) is 11.9. The molecular weight excluding hydrogens is 320 g/mol. The van der Waals surface area contributed by atoms with E-state index in [-0.39, 0.29) is 21.4 Å². The van der Waals surface area contributed by atoms with Crippen molar-refractivity contribution in [2.24, 2.45) is 0 Å². The van der Waals surface area contributed by atoms with Crippen molar-refractivity contribution in [3.8, 4) is 5.75 Å². The second kappa shape index (κ2) is 5.58. The van der Waals surface area contributed by atoms with E-state index in [1.165, 1.54) is 24.3 Å². The molecule has 0 amide bonds. The number of rotatable bonds is 4. The number of hydrogen-bond donors (Lipinski definition) is 2. The van der Waals surface area contributed by atoms with Gasteiger partial charge in [0.25, 0.3) is 15.7 Å². The molecule has 0 fully saturated rings. The summed E-state index contributed by atoms with van der Waals surface area (Å²) in [5, 5.41) is 19.8. The normalized spacial score (nSPS) is 11.1. The molecule has 0 saturated heterocycles. The SMILES string of the molecule is O=[N+]([O-])c1cc(S(=O)(=O)Nc2ccc(O)cc2)ccc1Cl. The summed E-state index contributed by atoms with van der Waals surface area (Å²) >= 11 is 5.63. The molecule has 0 bridgehead atoms. The number of phenols is 1. The second-order valence-electron chi connectivity index (χ2n) is 4.02. The van der Waals surface area contributed by atoms with Gasteiger partial charge in [0.1, 0.15) is 10.8 Å². The molecule has 0 unspecified atom stereocenters. The van der Waals surface area contributed by atoms with Gasteiger partial charge in [-0.15, -0.1) is 0 Å². The highest BCUT2D eigenvalue weighted by molar-refractivity contribution is 7.92. The number of aromatic hydroxyl groups is 1. The molecule has 7 nitrogen and oxygen atoms in total. The average Bonchev–Trinajstić information content (AvgIpc) is 2.41. The number of nitrogens with one attached hydrogen (secondary N) is 1. The van der Waals surface area contributed by atoms with E-state index in [1.807, 2.05) is 0 Å². The highest BCUT2D eigenvalue weighted by Crippen LogP contribution is 2.28. The summed E-state index contributed by atoms with van der Waals surface area (Å²) in [7, 11) is -3.99. The zero-order chi connectivity index (χ0) is 15.6. The van der Waals surface area contributed by atoms with Gasteiger partial charge >= 0.3 is 0 Å². The van der Waals surface area contributed by atoms with Gasteiger partial charge in [0, 0.05) is 11.8 Å². The fraction of sp³-hybridized carbons (Fsp3) is 0. The van der Waals surface area contributed by atoms with Crippen molar-refractivity contribution in [3.05, 3.63) is 57.6 Å². The lowest BCUT2D eigenvalue weighted by molar-refractivity contribution is -0.384. The highest BCUT2D eigenvalue weighted by Gasteiger charge is 2.20. The summed E-state index contributed by atoms with van der Waals surface area (Å²) in [5.41, 5.74) is -0.282. The summed E-state index contributed by atoms with van der Waals surface area (Å²) in [6, 6.07) is 8.52. The Labute approximate surface area is 125 Å². The molecule has 0 aromatic heterocycles. The maximum Gasteiger partial charge on any atom is 0.289 e. The summed E-state index contributed by atoms with van der Waals surface area (Å²) in [5.74, 6) is -0.0138. The van der Waals surface area contributed by atoms with E-state index in [1.54, 1.807) is 0 Å². The lowest BCUT2D eigenvalue weighted by atomic mass is 10.3. The summed E-state index contributed by atoms with van der Waals surface area (Å²) in [4.78, 5) is 9.73. The number of sulfonamides is 1. The van der Waals surface area contributed by atoms with E-state index in [2.05, 4.69) is 4.72 Å². The van der Waals surface area contributed by atoms with Crippen molar-refractivity contribution in [2.75, 3.05) is 4.72 Å². The monoisotopic (exact) mass is 328 g/mol. The first kappa shape index (κ1) is 15.1. The molecule has 0 aliphatic rings. The van der Waals surface area contributed by atoms with Crippen LogP contribution in [0, 0.1) is 10.1 Å². The molecule has 0 aliphatic carbocycles. The van der Waals surface area contributed by atoms with Gasteiger partial charge in [0.15, 0.2) is 0 Å². The first-order chi connectivity index (χ1) is 9.79. The van der Waals surface area contributed by atoms with E-state index in [9.17, 15) is 18.5 Å². The number of halogens is 1. The largest absolute Gasteiger partial charge is 0.508 e. The number of benzene rings is 2. The third-order valence-electron chi connectivity index (χ3n) is 2.54. The molecule has 2 rings (SSSR count). The molecular formula is C12H9ClN2O5S. The van der Waals surface area contributed by atoms with E-state index in [4.69, 9.17) is 16.7 Å². The van der Waals surface area contributed by atoms with Gasteiger partial charge in [-0.25, -0.2) is 8.42 Å². The Hall–Kier alpha value is -2.32. The van der Waals surface area contributed by atoms with Gasteiger partial charge in [-0.05, 0) is 36.4 Å². The summed E-state index contributed by atoms with van der Waals surface area (Å²) < 4.78 is 26.5. The molecule has 0 radical (unpaired) electrons. The second-order valence-corrected chi connectivity index (χ2v) is 6.11. The van der Waals surface area contributed by atoms with Gasteiger partial charge < -0.3 is 5.11 Å². The minimum atomic E-state index is -3.99. The minimum Gasteiger partial charge on any atom is -0.508 e. The highest BCUT2D eigenvalue weighted by atomic mass is 35.5. The summed E-state index contributed by atoms with van der Waals surface area (Å²) in [6.45, 7) is 0. The maximum absolute atomic E-state index is 12.1. The summed E-state index contributed by atoms with van der Waals surface area (Å²) in [6.07, 6.45) is 0. The molecule has 21 heavy (non-hydrogen) atoms. The van der Waals surface area contributed by atoms with Gasteiger partial charge in [-0.3, -0.25) is 14.8 Å². The van der Waals surface area contributed by atoms with Crippen LogP contribution in [0.1, 0.15) is 0 Å². The van der Waals surface area contributed by atoms with Crippen LogP contribution in [0.15, 0.2) is 47.4 Å². The van der Waals surface area contributed by atoms with Crippen LogP contribution in [-0.2, 0) is 10.0 Å². The van der Waals surface area contributed by atoms with Gasteiger partial charge in [-0.2, -0.15) is 0 Å². The van der Waals surface area contributed by atoms with Crippen LogP contribution in [0.4, 0.5) is 11.4 Å². The molecule has 2 aromatic carbocycles. The van der Waals surface area contributed by atoms with Crippen LogP contribution >= 0.6 is 11.6 Å². The standard InChI is InChI=1S/C12H9ClN2O5S/c13-11-6-5-10(7-12(11)15(17)18)21(19,20)14-8-1-3-9(16)4-2-8/h1-7,14,16H. The van der Waals surface area contributed by atoms with Crippen molar-refractivity contribution < 1.29 is 18.4 Å².